The molecule has 0 aliphatic heterocycles. The van der Waals surface area contributed by atoms with Gasteiger partial charge in [-0.15, -0.1) is 0 Å². The predicted molar refractivity (Wildman–Crippen MR) is 46.1 cm³/mol. The first-order valence-corrected chi connectivity index (χ1v) is 4.05. The van der Waals surface area contributed by atoms with Gasteiger partial charge in [0, 0.05) is 18.9 Å². The lowest BCUT2D eigenvalue weighted by Gasteiger charge is -2.10. The molecule has 1 atom stereocenters. The van der Waals surface area contributed by atoms with E-state index in [-0.39, 0.29) is 11.9 Å². The van der Waals surface area contributed by atoms with Crippen molar-refractivity contribution in [2.24, 2.45) is 5.73 Å². The SMILES string of the molecule is CC(CC(N)=O)NCCCC#N. The van der Waals surface area contributed by atoms with Crippen LogP contribution in [0.25, 0.3) is 0 Å². The van der Waals surface area contributed by atoms with Gasteiger partial charge in [0.15, 0.2) is 0 Å². The molecule has 12 heavy (non-hydrogen) atoms. The maximum atomic E-state index is 10.4. The highest BCUT2D eigenvalue weighted by Crippen LogP contribution is 1.90. The number of nitrogens with one attached hydrogen (secondary N) is 1. The number of carbonyl (C=O) groups excluding carboxylic acids is 1. The molecule has 0 rings (SSSR count). The number of primary amides is 1. The summed E-state index contributed by atoms with van der Waals surface area (Å²) >= 11 is 0. The Bertz CT molecular complexity index is 174. The Hall–Kier alpha value is -1.08. The van der Waals surface area contributed by atoms with Crippen molar-refractivity contribution in [3.63, 3.8) is 0 Å². The van der Waals surface area contributed by atoms with E-state index < -0.39 is 0 Å². The summed E-state index contributed by atoms with van der Waals surface area (Å²) in [5.74, 6) is -0.296. The molecule has 0 radical (unpaired) electrons. The number of rotatable bonds is 6. The second kappa shape index (κ2) is 6.62. The smallest absolute Gasteiger partial charge is 0.218 e. The average molecular weight is 169 g/mol. The van der Waals surface area contributed by atoms with Crippen molar-refractivity contribution in [3.8, 4) is 6.07 Å². The molecule has 4 heteroatoms. The standard InChI is InChI=1S/C8H15N3O/c1-7(6-8(10)12)11-5-3-2-4-9/h7,11H,2-3,5-6H2,1H3,(H2,10,12). The van der Waals surface area contributed by atoms with Gasteiger partial charge in [0.2, 0.25) is 5.91 Å². The maximum absolute atomic E-state index is 10.4. The van der Waals surface area contributed by atoms with Gasteiger partial charge < -0.3 is 11.1 Å². The second-order valence-electron chi connectivity index (χ2n) is 2.79. The van der Waals surface area contributed by atoms with Gasteiger partial charge in [-0.05, 0) is 19.9 Å². The molecule has 0 saturated carbocycles. The molecule has 0 aromatic rings. The highest BCUT2D eigenvalue weighted by Gasteiger charge is 2.03. The molecule has 1 amide bonds. The Morgan fingerprint density at radius 3 is 2.92 bits per heavy atom. The Kier molecular flexibility index (Phi) is 6.02. The molecular formula is C8H15N3O. The number of unbranched alkanes of at least 4 members (excludes halogenated alkanes) is 1. The molecule has 0 fully saturated rings. The Morgan fingerprint density at radius 2 is 2.42 bits per heavy atom. The summed E-state index contributed by atoms with van der Waals surface area (Å²) in [6.07, 6.45) is 1.72. The van der Waals surface area contributed by atoms with Gasteiger partial charge in [-0.25, -0.2) is 0 Å². The predicted octanol–water partition coefficient (Wildman–Crippen LogP) is 0.144. The van der Waals surface area contributed by atoms with Crippen molar-refractivity contribution in [2.75, 3.05) is 6.54 Å². The van der Waals surface area contributed by atoms with E-state index >= 15 is 0 Å². The van der Waals surface area contributed by atoms with Crippen LogP contribution in [0.3, 0.4) is 0 Å². The molecule has 4 nitrogen and oxygen atoms in total. The molecular weight excluding hydrogens is 154 g/mol. The first-order chi connectivity index (χ1) is 5.66. The minimum Gasteiger partial charge on any atom is -0.370 e. The van der Waals surface area contributed by atoms with Crippen LogP contribution in [0.5, 0.6) is 0 Å². The average Bonchev–Trinajstić information content (AvgIpc) is 1.97. The van der Waals surface area contributed by atoms with E-state index in [0.29, 0.717) is 12.8 Å². The van der Waals surface area contributed by atoms with Gasteiger partial charge in [0.25, 0.3) is 0 Å². The topological polar surface area (TPSA) is 78.9 Å². The fraction of sp³-hybridized carbons (Fsp3) is 0.750. The van der Waals surface area contributed by atoms with E-state index in [4.69, 9.17) is 11.0 Å². The van der Waals surface area contributed by atoms with Gasteiger partial charge in [-0.3, -0.25) is 4.79 Å². The van der Waals surface area contributed by atoms with Crippen molar-refractivity contribution in [3.05, 3.63) is 0 Å². The van der Waals surface area contributed by atoms with E-state index in [1.54, 1.807) is 0 Å². The number of nitrogens with zero attached hydrogens (tertiary/aromatic N) is 1. The summed E-state index contributed by atoms with van der Waals surface area (Å²) in [6.45, 7) is 2.67. The number of nitriles is 1. The molecule has 0 aliphatic rings. The van der Waals surface area contributed by atoms with Crippen LogP contribution < -0.4 is 11.1 Å². The third kappa shape index (κ3) is 7.03. The molecule has 0 aromatic heterocycles. The first-order valence-electron chi connectivity index (χ1n) is 4.05. The van der Waals surface area contributed by atoms with Gasteiger partial charge >= 0.3 is 0 Å². The van der Waals surface area contributed by atoms with E-state index in [1.807, 2.05) is 6.92 Å². The molecule has 0 saturated heterocycles. The van der Waals surface area contributed by atoms with Crippen LogP contribution in [0.1, 0.15) is 26.2 Å². The zero-order chi connectivity index (χ0) is 9.40. The molecule has 0 bridgehead atoms. The van der Waals surface area contributed by atoms with Crippen molar-refractivity contribution in [1.29, 1.82) is 5.26 Å². The third-order valence-corrected chi connectivity index (χ3v) is 1.47. The first kappa shape index (κ1) is 10.9. The highest BCUT2D eigenvalue weighted by atomic mass is 16.1. The number of amides is 1. The van der Waals surface area contributed by atoms with E-state index in [9.17, 15) is 4.79 Å². The zero-order valence-electron chi connectivity index (χ0n) is 7.34. The minimum atomic E-state index is -0.296. The largest absolute Gasteiger partial charge is 0.370 e. The van der Waals surface area contributed by atoms with E-state index in [0.717, 1.165) is 13.0 Å². The quantitative estimate of drug-likeness (QED) is 0.555. The summed E-state index contributed by atoms with van der Waals surface area (Å²) in [7, 11) is 0. The molecule has 0 spiro atoms. The number of carbonyl (C=O) groups is 1. The summed E-state index contributed by atoms with van der Waals surface area (Å²) in [5, 5.41) is 11.3. The number of nitrogens with two attached hydrogens (primary N) is 1. The monoisotopic (exact) mass is 169 g/mol. The zero-order valence-corrected chi connectivity index (χ0v) is 7.34. The van der Waals surface area contributed by atoms with E-state index in [2.05, 4.69) is 11.4 Å². The van der Waals surface area contributed by atoms with E-state index in [1.165, 1.54) is 0 Å². The second-order valence-corrected chi connectivity index (χ2v) is 2.79. The van der Waals surface area contributed by atoms with Crippen molar-refractivity contribution < 1.29 is 4.79 Å². The molecule has 68 valence electrons. The van der Waals surface area contributed by atoms with Crippen LogP contribution in [-0.4, -0.2) is 18.5 Å². The number of hydrogen-bond acceptors (Lipinski definition) is 3. The molecule has 0 heterocycles. The third-order valence-electron chi connectivity index (χ3n) is 1.47. The summed E-state index contributed by atoms with van der Waals surface area (Å²) in [6, 6.07) is 2.16. The Balaban J connectivity index is 3.26. The number of hydrogen-bond donors (Lipinski definition) is 2. The summed E-state index contributed by atoms with van der Waals surface area (Å²) in [5.41, 5.74) is 4.99. The van der Waals surface area contributed by atoms with Crippen LogP contribution in [0.15, 0.2) is 0 Å². The minimum absolute atomic E-state index is 0.112. The van der Waals surface area contributed by atoms with Crippen LogP contribution in [-0.2, 0) is 4.79 Å². The Morgan fingerprint density at radius 1 is 1.75 bits per heavy atom. The van der Waals surface area contributed by atoms with Gasteiger partial charge in [0.1, 0.15) is 0 Å². The fourth-order valence-electron chi connectivity index (χ4n) is 0.890. The lowest BCUT2D eigenvalue weighted by molar-refractivity contribution is -0.118. The molecule has 3 N–H and O–H groups in total. The van der Waals surface area contributed by atoms with Crippen LogP contribution >= 0.6 is 0 Å². The van der Waals surface area contributed by atoms with Gasteiger partial charge in [0.05, 0.1) is 6.07 Å². The summed E-state index contributed by atoms with van der Waals surface area (Å²) in [4.78, 5) is 10.4. The maximum Gasteiger partial charge on any atom is 0.218 e. The van der Waals surface area contributed by atoms with Gasteiger partial charge in [-0.2, -0.15) is 5.26 Å². The van der Waals surface area contributed by atoms with Crippen molar-refractivity contribution in [1.82, 2.24) is 5.32 Å². The Labute approximate surface area is 72.7 Å². The summed E-state index contributed by atoms with van der Waals surface area (Å²) < 4.78 is 0. The van der Waals surface area contributed by atoms with Crippen LogP contribution in [0.2, 0.25) is 0 Å². The molecule has 0 aromatic carbocycles. The van der Waals surface area contributed by atoms with Crippen LogP contribution in [0, 0.1) is 11.3 Å². The highest BCUT2D eigenvalue weighted by molar-refractivity contribution is 5.74. The normalized spacial score (nSPS) is 12.0. The van der Waals surface area contributed by atoms with Crippen molar-refractivity contribution in [2.45, 2.75) is 32.2 Å². The van der Waals surface area contributed by atoms with Crippen molar-refractivity contribution >= 4 is 5.91 Å². The lowest BCUT2D eigenvalue weighted by atomic mass is 10.2. The van der Waals surface area contributed by atoms with Gasteiger partial charge in [-0.1, -0.05) is 0 Å². The molecule has 1 unspecified atom stereocenters. The fourth-order valence-corrected chi connectivity index (χ4v) is 0.890. The molecule has 0 aliphatic carbocycles. The lowest BCUT2D eigenvalue weighted by Crippen LogP contribution is -2.31. The van der Waals surface area contributed by atoms with Crippen LogP contribution in [0.4, 0.5) is 0 Å².